The number of carbonyl (C=O) groups excluding carboxylic acids is 1. The number of hydrogen-bond acceptors (Lipinski definition) is 7. The average molecular weight is 619 g/mol. The van der Waals surface area contributed by atoms with Crippen molar-refractivity contribution in [2.24, 2.45) is 0 Å². The van der Waals surface area contributed by atoms with Gasteiger partial charge in [0.1, 0.15) is 6.61 Å². The van der Waals surface area contributed by atoms with Crippen molar-refractivity contribution >= 4 is 27.1 Å². The van der Waals surface area contributed by atoms with Crippen LogP contribution in [-0.4, -0.2) is 36.8 Å². The van der Waals surface area contributed by atoms with Crippen LogP contribution in [0.1, 0.15) is 51.8 Å². The van der Waals surface area contributed by atoms with Crippen LogP contribution in [0.3, 0.4) is 0 Å². The van der Waals surface area contributed by atoms with Crippen LogP contribution in [0.5, 0.6) is 5.19 Å². The molecule has 4 rings (SSSR count). The number of alkyl halides is 3. The zero-order valence-corrected chi connectivity index (χ0v) is 24.4. The molecular formula is C30H29F3N2O5S2. The topological polar surface area (TPSA) is 106 Å². The maximum Gasteiger partial charge on any atom is 0.416 e. The van der Waals surface area contributed by atoms with E-state index >= 15 is 0 Å². The maximum atomic E-state index is 12.9. The Kier molecular flexibility index (Phi) is 9.70. The van der Waals surface area contributed by atoms with Gasteiger partial charge in [0.25, 0.3) is 11.1 Å². The molecule has 0 spiro atoms. The van der Waals surface area contributed by atoms with Crippen LogP contribution in [0.2, 0.25) is 0 Å². The van der Waals surface area contributed by atoms with Crippen LogP contribution >= 0.6 is 11.3 Å². The first-order valence-corrected chi connectivity index (χ1v) is 15.6. The highest BCUT2D eigenvalue weighted by Crippen LogP contribution is 2.34. The monoisotopic (exact) mass is 618 g/mol. The van der Waals surface area contributed by atoms with Crippen molar-refractivity contribution in [2.45, 2.75) is 44.0 Å². The number of aromatic nitrogens is 1. The minimum absolute atomic E-state index is 0.0276. The number of nitrogens with one attached hydrogen (secondary N) is 1. The standard InChI is InChI=1S/C30H29F3N2O5S2/c1-3-26-27(35-29(41-26)40-18-19-5-13-23(14-6-19)30(31,32)33)21-7-9-22(10-8-21)28(37)34-25(17-36)20-11-15-24(16-12-20)42(38,39)4-2/h5-16,25,36H,3-4,17-18H2,1-2H3,(H,34,37). The van der Waals surface area contributed by atoms with Gasteiger partial charge < -0.3 is 15.2 Å². The fourth-order valence-corrected chi connectivity index (χ4v) is 5.88. The number of rotatable bonds is 11. The smallest absolute Gasteiger partial charge is 0.416 e. The molecule has 2 N–H and O–H groups in total. The summed E-state index contributed by atoms with van der Waals surface area (Å²) in [5.41, 5.74) is 2.23. The van der Waals surface area contributed by atoms with E-state index in [0.717, 1.165) is 22.6 Å². The van der Waals surface area contributed by atoms with Crippen molar-refractivity contribution < 1.29 is 36.2 Å². The van der Waals surface area contributed by atoms with Crippen LogP contribution in [0.25, 0.3) is 11.3 Å². The molecule has 12 heteroatoms. The highest BCUT2D eigenvalue weighted by atomic mass is 32.2. The van der Waals surface area contributed by atoms with Gasteiger partial charge >= 0.3 is 6.18 Å². The average Bonchev–Trinajstić information content (AvgIpc) is 3.42. The van der Waals surface area contributed by atoms with Crippen molar-refractivity contribution in [1.82, 2.24) is 10.3 Å². The van der Waals surface area contributed by atoms with Crippen molar-refractivity contribution in [2.75, 3.05) is 12.4 Å². The van der Waals surface area contributed by atoms with Crippen LogP contribution < -0.4 is 10.1 Å². The fraction of sp³-hybridized carbons (Fsp3) is 0.267. The molecule has 7 nitrogen and oxygen atoms in total. The summed E-state index contributed by atoms with van der Waals surface area (Å²) in [6.45, 7) is 3.22. The van der Waals surface area contributed by atoms with Crippen molar-refractivity contribution in [3.05, 3.63) is 99.9 Å². The Morgan fingerprint density at radius 1 is 1.00 bits per heavy atom. The molecule has 1 atom stereocenters. The molecule has 222 valence electrons. The summed E-state index contributed by atoms with van der Waals surface area (Å²) in [5, 5.41) is 13.0. The first-order valence-electron chi connectivity index (χ1n) is 13.1. The van der Waals surface area contributed by atoms with Gasteiger partial charge in [-0.3, -0.25) is 4.79 Å². The number of amides is 1. The molecule has 0 saturated carbocycles. The van der Waals surface area contributed by atoms with E-state index in [1.807, 2.05) is 6.92 Å². The van der Waals surface area contributed by atoms with E-state index in [1.54, 1.807) is 43.3 Å². The molecule has 0 saturated heterocycles. The van der Waals surface area contributed by atoms with Crippen molar-refractivity contribution in [1.29, 1.82) is 0 Å². The van der Waals surface area contributed by atoms with Gasteiger partial charge in [-0.05, 0) is 53.9 Å². The van der Waals surface area contributed by atoms with E-state index in [4.69, 9.17) is 4.74 Å². The number of sulfone groups is 1. The molecule has 42 heavy (non-hydrogen) atoms. The minimum atomic E-state index is -4.40. The molecule has 0 aliphatic heterocycles. The molecule has 1 heterocycles. The number of thiazole rings is 1. The maximum absolute atomic E-state index is 12.9. The lowest BCUT2D eigenvalue weighted by Crippen LogP contribution is -2.30. The molecule has 1 aromatic heterocycles. The number of aryl methyl sites for hydroxylation is 1. The van der Waals surface area contributed by atoms with Gasteiger partial charge in [0.2, 0.25) is 0 Å². The fourth-order valence-electron chi connectivity index (χ4n) is 4.12. The Morgan fingerprint density at radius 3 is 2.19 bits per heavy atom. The third-order valence-electron chi connectivity index (χ3n) is 6.57. The Morgan fingerprint density at radius 2 is 1.64 bits per heavy atom. The second-order valence-corrected chi connectivity index (χ2v) is 12.7. The summed E-state index contributed by atoms with van der Waals surface area (Å²) in [6.07, 6.45) is -3.72. The number of nitrogens with zero attached hydrogens (tertiary/aromatic N) is 1. The van der Waals surface area contributed by atoms with Gasteiger partial charge in [-0.15, -0.1) is 0 Å². The summed E-state index contributed by atoms with van der Waals surface area (Å²) >= 11 is 1.35. The highest BCUT2D eigenvalue weighted by molar-refractivity contribution is 7.91. The molecule has 0 fully saturated rings. The number of hydrogen-bond donors (Lipinski definition) is 2. The summed E-state index contributed by atoms with van der Waals surface area (Å²) in [4.78, 5) is 18.6. The molecule has 4 aromatic rings. The zero-order chi connectivity index (χ0) is 30.5. The third-order valence-corrected chi connectivity index (χ3v) is 9.44. The molecule has 3 aromatic carbocycles. The summed E-state index contributed by atoms with van der Waals surface area (Å²) < 4.78 is 68.3. The Bertz CT molecular complexity index is 1620. The van der Waals surface area contributed by atoms with Gasteiger partial charge in [0.15, 0.2) is 9.84 Å². The second-order valence-electron chi connectivity index (χ2n) is 9.35. The SMILES string of the molecule is CCc1sc(OCc2ccc(C(F)(F)F)cc2)nc1-c1ccc(C(=O)NC(CO)c2ccc(S(=O)(=O)CC)cc2)cc1. The van der Waals surface area contributed by atoms with E-state index in [9.17, 15) is 31.5 Å². The molecule has 0 aliphatic carbocycles. The lowest BCUT2D eigenvalue weighted by Gasteiger charge is -2.17. The van der Waals surface area contributed by atoms with Gasteiger partial charge in [0.05, 0.1) is 34.6 Å². The largest absolute Gasteiger partial charge is 0.465 e. The van der Waals surface area contributed by atoms with E-state index in [-0.39, 0.29) is 23.9 Å². The number of halogens is 3. The lowest BCUT2D eigenvalue weighted by atomic mass is 10.1. The highest BCUT2D eigenvalue weighted by Gasteiger charge is 2.30. The van der Waals surface area contributed by atoms with Gasteiger partial charge in [-0.25, -0.2) is 13.4 Å². The molecule has 1 unspecified atom stereocenters. The summed E-state index contributed by atoms with van der Waals surface area (Å²) in [6, 6.07) is 16.9. The van der Waals surface area contributed by atoms with Crippen LogP contribution in [0.4, 0.5) is 13.2 Å². The quantitative estimate of drug-likeness (QED) is 0.207. The molecule has 1 amide bonds. The van der Waals surface area contributed by atoms with E-state index in [2.05, 4.69) is 10.3 Å². The normalized spacial score (nSPS) is 12.6. The predicted octanol–water partition coefficient (Wildman–Crippen LogP) is 6.23. The third kappa shape index (κ3) is 7.36. The number of carbonyl (C=O) groups is 1. The Balaban J connectivity index is 1.42. The number of aliphatic hydroxyl groups excluding tert-OH is 1. The molecule has 0 radical (unpaired) electrons. The van der Waals surface area contributed by atoms with Crippen LogP contribution in [0.15, 0.2) is 77.7 Å². The molecule has 0 aliphatic rings. The van der Waals surface area contributed by atoms with Gasteiger partial charge in [0, 0.05) is 16.0 Å². The van der Waals surface area contributed by atoms with Crippen molar-refractivity contribution in [3.63, 3.8) is 0 Å². The Labute approximate surface area is 245 Å². The first kappa shape index (κ1) is 31.2. The van der Waals surface area contributed by atoms with Crippen LogP contribution in [0, 0.1) is 0 Å². The van der Waals surface area contributed by atoms with E-state index in [0.29, 0.717) is 34.0 Å². The molecule has 0 bridgehead atoms. The predicted molar refractivity (Wildman–Crippen MR) is 154 cm³/mol. The number of benzene rings is 3. The van der Waals surface area contributed by atoms with Crippen LogP contribution in [-0.2, 0) is 29.0 Å². The minimum Gasteiger partial charge on any atom is -0.465 e. The lowest BCUT2D eigenvalue weighted by molar-refractivity contribution is -0.137. The van der Waals surface area contributed by atoms with Gasteiger partial charge in [-0.2, -0.15) is 13.2 Å². The number of aliphatic hydroxyl groups is 1. The Hall–Kier alpha value is -3.74. The van der Waals surface area contributed by atoms with E-state index < -0.39 is 33.5 Å². The molecular weight excluding hydrogens is 589 g/mol. The van der Waals surface area contributed by atoms with E-state index in [1.165, 1.54) is 35.6 Å². The summed E-state index contributed by atoms with van der Waals surface area (Å²) in [5.74, 6) is -0.444. The first-order chi connectivity index (χ1) is 19.9. The second kappa shape index (κ2) is 13.1. The van der Waals surface area contributed by atoms with Gasteiger partial charge in [-0.1, -0.05) is 61.6 Å². The van der Waals surface area contributed by atoms with Crippen molar-refractivity contribution in [3.8, 4) is 16.5 Å². The summed E-state index contributed by atoms with van der Waals surface area (Å²) in [7, 11) is -3.36. The zero-order valence-electron chi connectivity index (χ0n) is 22.8. The number of ether oxygens (including phenoxy) is 1.